The highest BCUT2D eigenvalue weighted by molar-refractivity contribution is 7.90. The molecule has 2 aromatic heterocycles. The summed E-state index contributed by atoms with van der Waals surface area (Å²) in [6.45, 7) is 9.36. The van der Waals surface area contributed by atoms with Crippen molar-refractivity contribution in [2.45, 2.75) is 50.9 Å². The zero-order chi connectivity index (χ0) is 43.5. The van der Waals surface area contributed by atoms with Gasteiger partial charge in [-0.05, 0) is 79.1 Å². The molecule has 3 aliphatic rings. The Kier molecular flexibility index (Phi) is 14.0. The Balaban J connectivity index is 1.04. The fourth-order valence-electron chi connectivity index (χ4n) is 8.00. The lowest BCUT2D eigenvalue weighted by Crippen LogP contribution is -2.47. The predicted octanol–water partition coefficient (Wildman–Crippen LogP) is 8.68. The zero-order valence-corrected chi connectivity index (χ0v) is 36.9. The number of benzene rings is 2. The number of hydrogen-bond acceptors (Lipinski definition) is 11. The van der Waals surface area contributed by atoms with Crippen molar-refractivity contribution >= 4 is 67.8 Å². The summed E-state index contributed by atoms with van der Waals surface area (Å²) in [6, 6.07) is 15.7. The number of ether oxygens (including phenoxy) is 2. The summed E-state index contributed by atoms with van der Waals surface area (Å²) in [5, 5.41) is 0.764. The van der Waals surface area contributed by atoms with Crippen LogP contribution in [0.4, 0.5) is 20.3 Å². The molecule has 4 aromatic rings. The van der Waals surface area contributed by atoms with E-state index < -0.39 is 22.4 Å². The molecule has 326 valence electrons. The molecule has 2 fully saturated rings. The molecule has 2 aromatic carbocycles. The van der Waals surface area contributed by atoms with Crippen LogP contribution >= 0.6 is 34.8 Å². The molecule has 0 spiro atoms. The van der Waals surface area contributed by atoms with Gasteiger partial charge in [0, 0.05) is 68.0 Å². The minimum absolute atomic E-state index is 0.0140. The Morgan fingerprint density at radius 1 is 0.967 bits per heavy atom. The molecule has 0 radical (unpaired) electrons. The Morgan fingerprint density at radius 3 is 2.43 bits per heavy atom. The van der Waals surface area contributed by atoms with E-state index in [1.54, 1.807) is 17.0 Å². The van der Waals surface area contributed by atoms with Crippen LogP contribution in [-0.4, -0.2) is 99.5 Å². The molecule has 1 unspecified atom stereocenters. The molecule has 1 atom stereocenters. The van der Waals surface area contributed by atoms with Crippen molar-refractivity contribution in [2.75, 3.05) is 69.6 Å². The van der Waals surface area contributed by atoms with Gasteiger partial charge in [-0.25, -0.2) is 31.9 Å². The largest absolute Gasteiger partial charge is 0.476 e. The Hall–Kier alpha value is -4.25. The van der Waals surface area contributed by atoms with Crippen molar-refractivity contribution in [3.8, 4) is 17.4 Å². The average Bonchev–Trinajstić information content (AvgIpc) is 3.66. The van der Waals surface area contributed by atoms with Gasteiger partial charge in [0.15, 0.2) is 0 Å². The van der Waals surface area contributed by atoms with Gasteiger partial charge >= 0.3 is 0 Å². The molecule has 7 rings (SSSR count). The van der Waals surface area contributed by atoms with Crippen LogP contribution in [0.3, 0.4) is 0 Å². The summed E-state index contributed by atoms with van der Waals surface area (Å²) in [5.41, 5.74) is 10.8. The standard InChI is InChI=1S/C43H48Cl3F2N7O5S/c1-43(2)11-9-29(35(20-43)28-3-5-30(44)6-4-28)24-53-13-15-55(16-14-53)31-7-8-34(38(17-31)60-32-18-36(45)40(49)50-21-32)41(56)52-61(57,58)33-19-37(46)42(51-22-33)59-26-27-10-12-54(23-27)25-39(47)48/h3-8,17-19,21-22,27,39H,9-16,20,23-26H2,1-2H3,(H2,49,50)(H,52,56). The van der Waals surface area contributed by atoms with Crippen LogP contribution in [0, 0.1) is 11.3 Å². The van der Waals surface area contributed by atoms with E-state index in [0.29, 0.717) is 32.6 Å². The molecule has 0 bridgehead atoms. The number of nitrogen functional groups attached to an aromatic ring is 1. The van der Waals surface area contributed by atoms with Crippen molar-refractivity contribution in [3.63, 3.8) is 0 Å². The van der Waals surface area contributed by atoms with E-state index in [4.69, 9.17) is 50.0 Å². The van der Waals surface area contributed by atoms with Gasteiger partial charge in [-0.1, -0.05) is 66.4 Å². The number of halogens is 5. The minimum atomic E-state index is -4.49. The number of anilines is 2. The SMILES string of the molecule is CC1(C)CCC(CN2CCN(c3ccc(C(=O)NS(=O)(=O)c4cnc(OCC5CCN(CC(F)F)C5)c(Cl)c4)c(Oc4cnc(N)c(Cl)c4)c3)CC2)=C(c2ccc(Cl)cc2)C1. The second kappa shape index (κ2) is 19.0. The molecular formula is C43H48Cl3F2N7O5S. The van der Waals surface area contributed by atoms with Crippen molar-refractivity contribution in [1.82, 2.24) is 24.5 Å². The molecular weight excluding hydrogens is 871 g/mol. The van der Waals surface area contributed by atoms with Gasteiger partial charge in [0.25, 0.3) is 22.4 Å². The number of carbonyl (C=O) groups excluding carboxylic acids is 1. The number of pyridine rings is 2. The number of nitrogens with two attached hydrogens (primary N) is 1. The van der Waals surface area contributed by atoms with Crippen LogP contribution in [0.1, 0.15) is 55.5 Å². The van der Waals surface area contributed by atoms with Gasteiger partial charge < -0.3 is 20.1 Å². The van der Waals surface area contributed by atoms with Crippen molar-refractivity contribution in [3.05, 3.63) is 98.8 Å². The highest BCUT2D eigenvalue weighted by atomic mass is 35.5. The summed E-state index contributed by atoms with van der Waals surface area (Å²) in [5.74, 6) is -0.649. The van der Waals surface area contributed by atoms with Crippen molar-refractivity contribution in [1.29, 1.82) is 0 Å². The first-order valence-corrected chi connectivity index (χ1v) is 22.7. The number of hydrogen-bond donors (Lipinski definition) is 2. The number of piperazine rings is 1. The predicted molar refractivity (Wildman–Crippen MR) is 235 cm³/mol. The number of carbonyl (C=O) groups is 1. The van der Waals surface area contributed by atoms with Crippen LogP contribution in [0.5, 0.6) is 17.4 Å². The van der Waals surface area contributed by atoms with Gasteiger partial charge in [-0.3, -0.25) is 14.6 Å². The third-order valence-electron chi connectivity index (χ3n) is 11.4. The number of aromatic nitrogens is 2. The molecule has 0 saturated carbocycles. The van der Waals surface area contributed by atoms with Crippen LogP contribution < -0.4 is 24.8 Å². The fourth-order valence-corrected chi connectivity index (χ4v) is 9.50. The number of nitrogens with one attached hydrogen (secondary N) is 1. The van der Waals surface area contributed by atoms with Crippen LogP contribution in [0.25, 0.3) is 5.57 Å². The highest BCUT2D eigenvalue weighted by Gasteiger charge is 2.31. The number of amides is 1. The molecule has 3 N–H and O–H groups in total. The molecule has 18 heteroatoms. The van der Waals surface area contributed by atoms with E-state index in [1.165, 1.54) is 35.0 Å². The lowest BCUT2D eigenvalue weighted by Gasteiger charge is -2.39. The first-order chi connectivity index (χ1) is 29.0. The smallest absolute Gasteiger partial charge is 0.268 e. The Labute approximate surface area is 370 Å². The average molecular weight is 919 g/mol. The molecule has 12 nitrogen and oxygen atoms in total. The van der Waals surface area contributed by atoms with Gasteiger partial charge in [0.2, 0.25) is 5.88 Å². The van der Waals surface area contributed by atoms with Crippen LogP contribution in [-0.2, 0) is 10.0 Å². The lowest BCUT2D eigenvalue weighted by atomic mass is 9.72. The zero-order valence-electron chi connectivity index (χ0n) is 33.9. The van der Waals surface area contributed by atoms with Gasteiger partial charge in [0.05, 0.1) is 36.1 Å². The highest BCUT2D eigenvalue weighted by Crippen LogP contribution is 2.43. The van der Waals surface area contributed by atoms with Crippen LogP contribution in [0.2, 0.25) is 15.1 Å². The van der Waals surface area contributed by atoms with Crippen molar-refractivity contribution in [2.24, 2.45) is 11.3 Å². The molecule has 2 aliphatic heterocycles. The topological polar surface area (TPSA) is 143 Å². The van der Waals surface area contributed by atoms with Gasteiger partial charge in [-0.15, -0.1) is 0 Å². The normalized spacial score (nSPS) is 18.8. The number of likely N-dealkylation sites (tertiary alicyclic amines) is 1. The molecule has 2 saturated heterocycles. The number of alkyl halides is 2. The number of nitrogens with zero attached hydrogens (tertiary/aromatic N) is 5. The second-order valence-electron chi connectivity index (χ2n) is 16.5. The van der Waals surface area contributed by atoms with E-state index in [1.807, 2.05) is 12.1 Å². The van der Waals surface area contributed by atoms with E-state index >= 15 is 0 Å². The lowest BCUT2D eigenvalue weighted by molar-refractivity contribution is 0.0960. The summed E-state index contributed by atoms with van der Waals surface area (Å²) in [7, 11) is -4.49. The van der Waals surface area contributed by atoms with E-state index in [0.717, 1.165) is 61.9 Å². The van der Waals surface area contributed by atoms with E-state index in [9.17, 15) is 22.0 Å². The molecule has 1 aliphatic carbocycles. The number of rotatable bonds is 14. The quantitative estimate of drug-likeness (QED) is 0.125. The summed E-state index contributed by atoms with van der Waals surface area (Å²) in [4.78, 5) is 27.9. The Morgan fingerprint density at radius 2 is 1.72 bits per heavy atom. The van der Waals surface area contributed by atoms with E-state index in [2.05, 4.69) is 50.5 Å². The van der Waals surface area contributed by atoms with Crippen LogP contribution in [0.15, 0.2) is 77.5 Å². The van der Waals surface area contributed by atoms with Gasteiger partial charge in [0.1, 0.15) is 27.2 Å². The molecule has 4 heterocycles. The number of sulfonamides is 1. The second-order valence-corrected chi connectivity index (χ2v) is 19.5. The monoisotopic (exact) mass is 917 g/mol. The minimum Gasteiger partial charge on any atom is -0.476 e. The maximum absolute atomic E-state index is 13.8. The fraction of sp³-hybridized carbons (Fsp3) is 0.419. The third kappa shape index (κ3) is 11.4. The molecule has 61 heavy (non-hydrogen) atoms. The maximum atomic E-state index is 13.8. The van der Waals surface area contributed by atoms with E-state index in [-0.39, 0.29) is 68.2 Å². The Bertz CT molecular complexity index is 2380. The van der Waals surface area contributed by atoms with Crippen molar-refractivity contribution < 1.29 is 31.5 Å². The summed E-state index contributed by atoms with van der Waals surface area (Å²) < 4.78 is 66.6. The first-order valence-electron chi connectivity index (χ1n) is 20.0. The first kappa shape index (κ1) is 44.8. The third-order valence-corrected chi connectivity index (χ3v) is 13.5. The molecule has 1 amide bonds. The van der Waals surface area contributed by atoms with Gasteiger partial charge in [-0.2, -0.15) is 0 Å². The maximum Gasteiger partial charge on any atom is 0.268 e. The summed E-state index contributed by atoms with van der Waals surface area (Å²) in [6.07, 6.45) is 3.79. The summed E-state index contributed by atoms with van der Waals surface area (Å²) >= 11 is 18.8. The number of allylic oxidation sites excluding steroid dienone is 1.